The highest BCUT2D eigenvalue weighted by atomic mass is 35.5. The van der Waals surface area contributed by atoms with Gasteiger partial charge in [-0.3, -0.25) is 0 Å². The minimum Gasteiger partial charge on any atom is -0.325 e. The van der Waals surface area contributed by atoms with E-state index in [0.717, 1.165) is 6.07 Å². The molecule has 0 fully saturated rings. The van der Waals surface area contributed by atoms with Gasteiger partial charge in [0.25, 0.3) is 0 Å². The fourth-order valence-electron chi connectivity index (χ4n) is 1.80. The summed E-state index contributed by atoms with van der Waals surface area (Å²) in [5.41, 5.74) is 0.619. The molecule has 0 saturated carbocycles. The van der Waals surface area contributed by atoms with Crippen molar-refractivity contribution in [1.29, 1.82) is 0 Å². The zero-order valence-electron chi connectivity index (χ0n) is 8.97. The maximum Gasteiger partial charge on any atom is 0.184 e. The normalized spacial score (nSPS) is 13.3. The van der Waals surface area contributed by atoms with Crippen molar-refractivity contribution in [2.45, 2.75) is 25.8 Å². The van der Waals surface area contributed by atoms with Crippen molar-refractivity contribution in [3.63, 3.8) is 0 Å². The SMILES string of the molecule is CCn1c(C(C)Cl)nc2ccc(F)c(F)c21. The van der Waals surface area contributed by atoms with Crippen LogP contribution in [-0.2, 0) is 6.54 Å². The Kier molecular flexibility index (Phi) is 2.84. The summed E-state index contributed by atoms with van der Waals surface area (Å²) in [4.78, 5) is 4.21. The summed E-state index contributed by atoms with van der Waals surface area (Å²) in [6, 6.07) is 2.54. The predicted molar refractivity (Wildman–Crippen MR) is 59.6 cm³/mol. The van der Waals surface area contributed by atoms with Crippen LogP contribution < -0.4 is 0 Å². The van der Waals surface area contributed by atoms with Gasteiger partial charge in [-0.15, -0.1) is 11.6 Å². The van der Waals surface area contributed by atoms with Gasteiger partial charge in [-0.1, -0.05) is 0 Å². The molecule has 1 heterocycles. The van der Waals surface area contributed by atoms with Gasteiger partial charge >= 0.3 is 0 Å². The lowest BCUT2D eigenvalue weighted by Gasteiger charge is -2.07. The van der Waals surface area contributed by atoms with E-state index in [1.165, 1.54) is 6.07 Å². The molecule has 1 unspecified atom stereocenters. The number of alkyl halides is 1. The molecule has 0 spiro atoms. The summed E-state index contributed by atoms with van der Waals surface area (Å²) in [6.07, 6.45) is 0. The quantitative estimate of drug-likeness (QED) is 0.738. The number of imidazole rings is 1. The van der Waals surface area contributed by atoms with E-state index in [9.17, 15) is 8.78 Å². The first-order valence-corrected chi connectivity index (χ1v) is 5.48. The van der Waals surface area contributed by atoms with E-state index in [0.29, 0.717) is 17.9 Å². The average Bonchev–Trinajstić information content (AvgIpc) is 2.62. The number of rotatable bonds is 2. The summed E-state index contributed by atoms with van der Waals surface area (Å²) >= 11 is 5.95. The van der Waals surface area contributed by atoms with Gasteiger partial charge in [0.2, 0.25) is 0 Å². The zero-order valence-corrected chi connectivity index (χ0v) is 9.72. The summed E-state index contributed by atoms with van der Waals surface area (Å²) < 4.78 is 28.4. The minimum absolute atomic E-state index is 0.185. The molecule has 0 aliphatic heterocycles. The molecule has 1 aromatic carbocycles. The van der Waals surface area contributed by atoms with Crippen molar-refractivity contribution in [1.82, 2.24) is 9.55 Å². The van der Waals surface area contributed by atoms with Gasteiger partial charge < -0.3 is 4.57 Å². The number of benzene rings is 1. The number of hydrogen-bond donors (Lipinski definition) is 0. The van der Waals surface area contributed by atoms with Crippen molar-refractivity contribution < 1.29 is 8.78 Å². The molecule has 1 atom stereocenters. The Morgan fingerprint density at radius 1 is 1.44 bits per heavy atom. The molecule has 16 heavy (non-hydrogen) atoms. The first-order chi connectivity index (χ1) is 7.56. The molecule has 0 saturated heterocycles. The second kappa shape index (κ2) is 4.01. The molecule has 2 aromatic rings. The highest BCUT2D eigenvalue weighted by Gasteiger charge is 2.18. The van der Waals surface area contributed by atoms with Crippen LogP contribution in [0.25, 0.3) is 11.0 Å². The van der Waals surface area contributed by atoms with Gasteiger partial charge in [-0.25, -0.2) is 13.8 Å². The maximum absolute atomic E-state index is 13.6. The molecular weight excluding hydrogens is 234 g/mol. The lowest BCUT2D eigenvalue weighted by Crippen LogP contribution is -2.03. The van der Waals surface area contributed by atoms with E-state index in [1.807, 2.05) is 6.92 Å². The monoisotopic (exact) mass is 244 g/mol. The number of aryl methyl sites for hydroxylation is 1. The third kappa shape index (κ3) is 1.57. The van der Waals surface area contributed by atoms with Crippen LogP contribution in [0.15, 0.2) is 12.1 Å². The summed E-state index contributed by atoms with van der Waals surface area (Å²) in [6.45, 7) is 4.10. The Bertz CT molecular complexity index is 534. The van der Waals surface area contributed by atoms with Gasteiger partial charge in [0.1, 0.15) is 11.3 Å². The van der Waals surface area contributed by atoms with Crippen molar-refractivity contribution >= 4 is 22.6 Å². The first kappa shape index (κ1) is 11.3. The largest absolute Gasteiger partial charge is 0.325 e. The molecule has 2 nitrogen and oxygen atoms in total. The van der Waals surface area contributed by atoms with E-state index in [-0.39, 0.29) is 10.9 Å². The van der Waals surface area contributed by atoms with E-state index < -0.39 is 11.6 Å². The van der Waals surface area contributed by atoms with Gasteiger partial charge in [0.05, 0.1) is 10.9 Å². The third-order valence-corrected chi connectivity index (χ3v) is 2.70. The minimum atomic E-state index is -0.865. The topological polar surface area (TPSA) is 17.8 Å². The fourth-order valence-corrected chi connectivity index (χ4v) is 1.97. The highest BCUT2D eigenvalue weighted by Crippen LogP contribution is 2.27. The number of hydrogen-bond acceptors (Lipinski definition) is 1. The second-order valence-electron chi connectivity index (χ2n) is 3.56. The Morgan fingerprint density at radius 2 is 2.12 bits per heavy atom. The number of aromatic nitrogens is 2. The molecule has 0 aliphatic rings. The number of nitrogens with zero attached hydrogens (tertiary/aromatic N) is 2. The predicted octanol–water partition coefficient (Wildman–Crippen LogP) is 3.63. The third-order valence-electron chi connectivity index (χ3n) is 2.50. The smallest absolute Gasteiger partial charge is 0.184 e. The summed E-state index contributed by atoms with van der Waals surface area (Å²) in [5, 5.41) is -0.338. The number of halogens is 3. The van der Waals surface area contributed by atoms with Crippen LogP contribution >= 0.6 is 11.6 Å². The Labute approximate surface area is 96.8 Å². The van der Waals surface area contributed by atoms with Gasteiger partial charge in [0, 0.05) is 6.54 Å². The average molecular weight is 245 g/mol. The van der Waals surface area contributed by atoms with Crippen LogP contribution in [0.1, 0.15) is 25.0 Å². The Morgan fingerprint density at radius 3 is 2.69 bits per heavy atom. The van der Waals surface area contributed by atoms with E-state index in [4.69, 9.17) is 11.6 Å². The molecule has 2 rings (SSSR count). The lowest BCUT2D eigenvalue weighted by molar-refractivity contribution is 0.511. The molecule has 0 N–H and O–H groups in total. The van der Waals surface area contributed by atoms with Crippen LogP contribution in [0.5, 0.6) is 0 Å². The van der Waals surface area contributed by atoms with Crippen LogP contribution in [0.4, 0.5) is 8.78 Å². The zero-order chi connectivity index (χ0) is 11.9. The molecule has 1 aromatic heterocycles. The van der Waals surface area contributed by atoms with E-state index >= 15 is 0 Å². The van der Waals surface area contributed by atoms with Crippen LogP contribution in [0.3, 0.4) is 0 Å². The summed E-state index contributed by atoms with van der Waals surface area (Å²) in [7, 11) is 0. The highest BCUT2D eigenvalue weighted by molar-refractivity contribution is 6.20. The molecule has 0 radical (unpaired) electrons. The fraction of sp³-hybridized carbons (Fsp3) is 0.364. The molecule has 5 heteroatoms. The van der Waals surface area contributed by atoms with Crippen molar-refractivity contribution in [3.05, 3.63) is 29.6 Å². The second-order valence-corrected chi connectivity index (χ2v) is 4.21. The molecule has 86 valence electrons. The van der Waals surface area contributed by atoms with Gasteiger partial charge in [-0.2, -0.15) is 0 Å². The number of fused-ring (bicyclic) bond motifs is 1. The lowest BCUT2D eigenvalue weighted by atomic mass is 10.3. The molecule has 0 amide bonds. The summed E-state index contributed by atoms with van der Waals surface area (Å²) in [5.74, 6) is -1.17. The molecular formula is C11H11ClF2N2. The van der Waals surface area contributed by atoms with Crippen LogP contribution in [-0.4, -0.2) is 9.55 Å². The van der Waals surface area contributed by atoms with Gasteiger partial charge in [-0.05, 0) is 26.0 Å². The molecule has 0 aliphatic carbocycles. The maximum atomic E-state index is 13.6. The van der Waals surface area contributed by atoms with Crippen LogP contribution in [0, 0.1) is 11.6 Å². The standard InChI is InChI=1S/C11H11ClF2N2/c1-3-16-10-8(15-11(16)6(2)12)5-4-7(13)9(10)14/h4-6H,3H2,1-2H3. The van der Waals surface area contributed by atoms with E-state index in [2.05, 4.69) is 4.98 Å². The Hall–Kier alpha value is -1.16. The van der Waals surface area contributed by atoms with Crippen LogP contribution in [0.2, 0.25) is 0 Å². The van der Waals surface area contributed by atoms with Crippen molar-refractivity contribution in [2.24, 2.45) is 0 Å². The van der Waals surface area contributed by atoms with E-state index in [1.54, 1.807) is 11.5 Å². The van der Waals surface area contributed by atoms with Crippen molar-refractivity contribution in [3.8, 4) is 0 Å². The first-order valence-electron chi connectivity index (χ1n) is 5.04. The Balaban J connectivity index is 2.84. The van der Waals surface area contributed by atoms with Gasteiger partial charge in [0.15, 0.2) is 11.6 Å². The molecule has 0 bridgehead atoms. The van der Waals surface area contributed by atoms with Crippen molar-refractivity contribution in [2.75, 3.05) is 0 Å².